The van der Waals surface area contributed by atoms with Gasteiger partial charge in [-0.3, -0.25) is 9.10 Å². The van der Waals surface area contributed by atoms with Gasteiger partial charge in [-0.05, 0) is 36.6 Å². The molecule has 2 aromatic carbocycles. The summed E-state index contributed by atoms with van der Waals surface area (Å²) >= 11 is 0. The first-order valence-corrected chi connectivity index (χ1v) is 10.6. The van der Waals surface area contributed by atoms with E-state index in [0.717, 1.165) is 34.7 Å². The Morgan fingerprint density at radius 1 is 1.19 bits per heavy atom. The van der Waals surface area contributed by atoms with Crippen LogP contribution in [0.1, 0.15) is 24.0 Å². The summed E-state index contributed by atoms with van der Waals surface area (Å²) in [6.07, 6.45) is 2.95. The van der Waals surface area contributed by atoms with Gasteiger partial charge in [-0.25, -0.2) is 8.42 Å². The van der Waals surface area contributed by atoms with Crippen LogP contribution in [-0.4, -0.2) is 33.7 Å². The van der Waals surface area contributed by atoms with Crippen LogP contribution in [0.15, 0.2) is 48.5 Å². The second-order valence-electron chi connectivity index (χ2n) is 6.49. The van der Waals surface area contributed by atoms with E-state index in [0.29, 0.717) is 12.2 Å². The summed E-state index contributed by atoms with van der Waals surface area (Å²) in [4.78, 5) is 14.5. The quantitative estimate of drug-likeness (QED) is 0.795. The van der Waals surface area contributed by atoms with Crippen LogP contribution in [0.3, 0.4) is 0 Å². The molecule has 3 rings (SSSR count). The molecular weight excluding hydrogens is 362 g/mol. The van der Waals surface area contributed by atoms with Gasteiger partial charge in [0.05, 0.1) is 17.5 Å². The van der Waals surface area contributed by atoms with E-state index in [4.69, 9.17) is 0 Å². The molecule has 0 atom stereocenters. The molecule has 0 saturated carbocycles. The zero-order chi connectivity index (χ0) is 19.4. The molecule has 1 amide bonds. The highest BCUT2D eigenvalue weighted by Gasteiger charge is 2.25. The number of para-hydroxylation sites is 2. The third-order valence-corrected chi connectivity index (χ3v) is 5.81. The Labute approximate surface area is 159 Å². The van der Waals surface area contributed by atoms with Gasteiger partial charge >= 0.3 is 0 Å². The van der Waals surface area contributed by atoms with E-state index < -0.39 is 10.0 Å². The van der Waals surface area contributed by atoms with Crippen molar-refractivity contribution in [1.82, 2.24) is 0 Å². The predicted molar refractivity (Wildman–Crippen MR) is 105 cm³/mol. The van der Waals surface area contributed by atoms with Gasteiger partial charge in [0.15, 0.2) is 0 Å². The molecule has 27 heavy (non-hydrogen) atoms. The molecule has 0 bridgehead atoms. The standard InChI is InChI=1S/C20H21N3O3S/c1-27(25,26)23(19-11-5-3-8-17(19)15-21)14-12-20(24)22-13-6-9-16-7-2-4-10-18(16)22/h2-5,7-8,10-11H,6,9,12-14H2,1H3. The first-order valence-electron chi connectivity index (χ1n) is 8.77. The average molecular weight is 383 g/mol. The van der Waals surface area contributed by atoms with Crippen molar-refractivity contribution in [3.05, 3.63) is 59.7 Å². The fraction of sp³-hybridized carbons (Fsp3) is 0.300. The van der Waals surface area contributed by atoms with Crippen molar-refractivity contribution in [2.45, 2.75) is 19.3 Å². The molecule has 2 aromatic rings. The van der Waals surface area contributed by atoms with Crippen molar-refractivity contribution < 1.29 is 13.2 Å². The molecule has 1 aliphatic rings. The van der Waals surface area contributed by atoms with Gasteiger partial charge in [-0.1, -0.05) is 30.3 Å². The van der Waals surface area contributed by atoms with Crippen LogP contribution in [0.2, 0.25) is 0 Å². The van der Waals surface area contributed by atoms with E-state index in [2.05, 4.69) is 0 Å². The van der Waals surface area contributed by atoms with Crippen molar-refractivity contribution in [2.75, 3.05) is 28.6 Å². The maximum Gasteiger partial charge on any atom is 0.232 e. The van der Waals surface area contributed by atoms with E-state index in [1.54, 1.807) is 29.2 Å². The molecular formula is C20H21N3O3S. The first-order chi connectivity index (χ1) is 12.9. The van der Waals surface area contributed by atoms with Gasteiger partial charge in [-0.15, -0.1) is 0 Å². The molecule has 140 valence electrons. The Kier molecular flexibility index (Phi) is 5.47. The molecule has 0 radical (unpaired) electrons. The number of anilines is 2. The third-order valence-electron chi connectivity index (χ3n) is 4.63. The fourth-order valence-electron chi connectivity index (χ4n) is 3.38. The Balaban J connectivity index is 1.81. The molecule has 7 heteroatoms. The lowest BCUT2D eigenvalue weighted by Gasteiger charge is -2.30. The smallest absolute Gasteiger partial charge is 0.232 e. The largest absolute Gasteiger partial charge is 0.312 e. The lowest BCUT2D eigenvalue weighted by molar-refractivity contribution is -0.118. The topological polar surface area (TPSA) is 81.5 Å². The first kappa shape index (κ1) is 18.9. The number of nitrogens with zero attached hydrogens (tertiary/aromatic N) is 3. The molecule has 0 saturated heterocycles. The van der Waals surface area contributed by atoms with Gasteiger partial charge in [0.1, 0.15) is 6.07 Å². The second-order valence-corrected chi connectivity index (χ2v) is 8.40. The fourth-order valence-corrected chi connectivity index (χ4v) is 4.31. The van der Waals surface area contributed by atoms with Crippen molar-refractivity contribution in [3.8, 4) is 6.07 Å². The van der Waals surface area contributed by atoms with Crippen molar-refractivity contribution in [1.29, 1.82) is 5.26 Å². The van der Waals surface area contributed by atoms with E-state index >= 15 is 0 Å². The molecule has 0 N–H and O–H groups in total. The van der Waals surface area contributed by atoms with Crippen LogP contribution in [0.4, 0.5) is 11.4 Å². The Morgan fingerprint density at radius 2 is 1.89 bits per heavy atom. The van der Waals surface area contributed by atoms with Gasteiger partial charge in [0.2, 0.25) is 15.9 Å². The van der Waals surface area contributed by atoms with Gasteiger partial charge in [-0.2, -0.15) is 5.26 Å². The summed E-state index contributed by atoms with van der Waals surface area (Å²) in [5.41, 5.74) is 2.59. The highest BCUT2D eigenvalue weighted by molar-refractivity contribution is 7.92. The molecule has 0 unspecified atom stereocenters. The maximum absolute atomic E-state index is 12.8. The van der Waals surface area contributed by atoms with Gasteiger partial charge in [0.25, 0.3) is 0 Å². The molecule has 0 fully saturated rings. The SMILES string of the molecule is CS(=O)(=O)N(CCC(=O)N1CCCc2ccccc21)c1ccccc1C#N. The van der Waals surface area contributed by atoms with Crippen LogP contribution in [-0.2, 0) is 21.2 Å². The third kappa shape index (κ3) is 4.12. The van der Waals surface area contributed by atoms with E-state index in [1.807, 2.05) is 30.3 Å². The molecule has 6 nitrogen and oxygen atoms in total. The zero-order valence-corrected chi connectivity index (χ0v) is 15.9. The zero-order valence-electron chi connectivity index (χ0n) is 15.1. The number of aryl methyl sites for hydroxylation is 1. The summed E-state index contributed by atoms with van der Waals surface area (Å²) in [7, 11) is -3.63. The maximum atomic E-state index is 12.8. The summed E-state index contributed by atoms with van der Waals surface area (Å²) in [6.45, 7) is 0.624. The summed E-state index contributed by atoms with van der Waals surface area (Å²) in [6, 6.07) is 16.3. The Bertz CT molecular complexity index is 996. The second kappa shape index (κ2) is 7.80. The average Bonchev–Trinajstić information content (AvgIpc) is 2.67. The van der Waals surface area contributed by atoms with Gasteiger partial charge < -0.3 is 4.90 Å². The minimum absolute atomic E-state index is 0.00493. The number of hydrogen-bond donors (Lipinski definition) is 0. The lowest BCUT2D eigenvalue weighted by atomic mass is 10.0. The minimum atomic E-state index is -3.63. The van der Waals surface area contributed by atoms with Crippen LogP contribution in [0.25, 0.3) is 0 Å². The van der Waals surface area contributed by atoms with Crippen molar-refractivity contribution >= 4 is 27.3 Å². The van der Waals surface area contributed by atoms with Crippen LogP contribution >= 0.6 is 0 Å². The van der Waals surface area contributed by atoms with E-state index in [9.17, 15) is 18.5 Å². The number of fused-ring (bicyclic) bond motifs is 1. The number of carbonyl (C=O) groups excluding carboxylic acids is 1. The summed E-state index contributed by atoms with van der Waals surface area (Å²) in [5, 5.41) is 9.28. The molecule has 1 heterocycles. The van der Waals surface area contributed by atoms with Crippen molar-refractivity contribution in [2.24, 2.45) is 0 Å². The van der Waals surface area contributed by atoms with Crippen LogP contribution in [0.5, 0.6) is 0 Å². The number of nitriles is 1. The highest BCUT2D eigenvalue weighted by atomic mass is 32.2. The number of amides is 1. The normalized spacial score (nSPS) is 13.6. The Morgan fingerprint density at radius 3 is 2.63 bits per heavy atom. The molecule has 1 aliphatic heterocycles. The van der Waals surface area contributed by atoms with Crippen LogP contribution < -0.4 is 9.21 Å². The Hall–Kier alpha value is -2.85. The number of hydrogen-bond acceptors (Lipinski definition) is 4. The summed E-state index contributed by atoms with van der Waals surface area (Å²) in [5.74, 6) is -0.120. The van der Waals surface area contributed by atoms with E-state index in [1.165, 1.54) is 0 Å². The highest BCUT2D eigenvalue weighted by Crippen LogP contribution is 2.28. The molecule has 0 aromatic heterocycles. The number of carbonyl (C=O) groups is 1. The molecule has 0 aliphatic carbocycles. The monoisotopic (exact) mass is 383 g/mol. The minimum Gasteiger partial charge on any atom is -0.312 e. The molecule has 0 spiro atoms. The predicted octanol–water partition coefficient (Wildman–Crippen LogP) is 2.69. The van der Waals surface area contributed by atoms with Gasteiger partial charge in [0, 0.05) is 25.2 Å². The number of benzene rings is 2. The lowest BCUT2D eigenvalue weighted by Crippen LogP contribution is -2.39. The van der Waals surface area contributed by atoms with Crippen molar-refractivity contribution in [3.63, 3.8) is 0 Å². The van der Waals surface area contributed by atoms with E-state index in [-0.39, 0.29) is 24.4 Å². The number of rotatable bonds is 5. The van der Waals surface area contributed by atoms with Crippen LogP contribution in [0, 0.1) is 11.3 Å². The summed E-state index contributed by atoms with van der Waals surface area (Å²) < 4.78 is 25.7. The number of sulfonamides is 1.